The molecule has 10 heteroatoms. The van der Waals surface area contributed by atoms with E-state index in [4.69, 9.17) is 9.84 Å². The first-order valence-electron chi connectivity index (χ1n) is 11.1. The first-order valence-corrected chi connectivity index (χ1v) is 13.4. The number of nitrogens with zero attached hydrogens (tertiary/aromatic N) is 4. The molecular weight excluding hydrogens is 484 g/mol. The summed E-state index contributed by atoms with van der Waals surface area (Å²) in [5.41, 5.74) is 1.97. The zero-order chi connectivity index (χ0) is 24.4. The third kappa shape index (κ3) is 4.60. The lowest BCUT2D eigenvalue weighted by atomic mass is 10.2. The Hall–Kier alpha value is -3.47. The van der Waals surface area contributed by atoms with Gasteiger partial charge in [-0.3, -0.25) is 4.79 Å². The number of hydrogen-bond donors (Lipinski definition) is 0. The summed E-state index contributed by atoms with van der Waals surface area (Å²) in [7, 11) is -2.12. The van der Waals surface area contributed by atoms with Crippen molar-refractivity contribution in [1.29, 1.82) is 0 Å². The predicted octanol–water partition coefficient (Wildman–Crippen LogP) is 3.76. The lowest BCUT2D eigenvalue weighted by Crippen LogP contribution is -2.50. The van der Waals surface area contributed by atoms with Crippen LogP contribution in [0.1, 0.15) is 10.5 Å². The average Bonchev–Trinajstić information content (AvgIpc) is 3.59. The zero-order valence-electron chi connectivity index (χ0n) is 19.1. The van der Waals surface area contributed by atoms with Gasteiger partial charge in [0.1, 0.15) is 17.1 Å². The molecule has 1 aliphatic heterocycles. The van der Waals surface area contributed by atoms with Crippen molar-refractivity contribution in [3.05, 3.63) is 83.9 Å². The Kier molecular flexibility index (Phi) is 6.42. The molecule has 2 aromatic carbocycles. The van der Waals surface area contributed by atoms with Crippen LogP contribution in [0, 0.1) is 0 Å². The number of amides is 1. The zero-order valence-corrected chi connectivity index (χ0v) is 20.7. The van der Waals surface area contributed by atoms with Gasteiger partial charge in [-0.1, -0.05) is 24.3 Å². The molecule has 0 unspecified atom stereocenters. The number of para-hydroxylation sites is 1. The molecule has 2 aromatic heterocycles. The Labute approximate surface area is 208 Å². The molecule has 0 saturated carbocycles. The summed E-state index contributed by atoms with van der Waals surface area (Å²) in [4.78, 5) is 16.4. The van der Waals surface area contributed by atoms with E-state index in [1.165, 1.54) is 23.5 Å². The first kappa shape index (κ1) is 23.3. The van der Waals surface area contributed by atoms with Crippen molar-refractivity contribution >= 4 is 27.3 Å². The van der Waals surface area contributed by atoms with Crippen LogP contribution in [0.25, 0.3) is 16.3 Å². The quantitative estimate of drug-likeness (QED) is 0.396. The van der Waals surface area contributed by atoms with Crippen LogP contribution in [0.4, 0.5) is 0 Å². The summed E-state index contributed by atoms with van der Waals surface area (Å²) in [5, 5.41) is 6.68. The van der Waals surface area contributed by atoms with E-state index in [1.807, 2.05) is 53.9 Å². The van der Waals surface area contributed by atoms with Gasteiger partial charge in [-0.25, -0.2) is 13.1 Å². The summed E-state index contributed by atoms with van der Waals surface area (Å²) < 4.78 is 34.4. The smallest absolute Gasteiger partial charge is 0.272 e. The number of piperazine rings is 1. The monoisotopic (exact) mass is 508 g/mol. The average molecular weight is 509 g/mol. The van der Waals surface area contributed by atoms with E-state index in [0.29, 0.717) is 24.5 Å². The van der Waals surface area contributed by atoms with Gasteiger partial charge in [-0.2, -0.15) is 9.40 Å². The van der Waals surface area contributed by atoms with Gasteiger partial charge in [0, 0.05) is 26.2 Å². The molecule has 8 nitrogen and oxygen atoms in total. The molecule has 1 fully saturated rings. The number of methoxy groups -OCH3 is 1. The molecule has 0 N–H and O–H groups in total. The molecule has 0 bridgehead atoms. The largest absolute Gasteiger partial charge is 0.497 e. The molecule has 0 aliphatic carbocycles. The summed E-state index contributed by atoms with van der Waals surface area (Å²) in [5.74, 6) is 0.418. The number of rotatable bonds is 6. The summed E-state index contributed by atoms with van der Waals surface area (Å²) in [6.07, 6.45) is 0. The predicted molar refractivity (Wildman–Crippen MR) is 135 cm³/mol. The van der Waals surface area contributed by atoms with Gasteiger partial charge in [-0.15, -0.1) is 11.3 Å². The minimum absolute atomic E-state index is 0.175. The molecule has 1 aliphatic rings. The van der Waals surface area contributed by atoms with Crippen molar-refractivity contribution in [2.75, 3.05) is 33.3 Å². The third-order valence-electron chi connectivity index (χ3n) is 5.93. The maximum Gasteiger partial charge on any atom is 0.272 e. The lowest BCUT2D eigenvalue weighted by Gasteiger charge is -2.34. The van der Waals surface area contributed by atoms with Crippen LogP contribution in [0.15, 0.2) is 83.1 Å². The fourth-order valence-corrected chi connectivity index (χ4v) is 6.14. The van der Waals surface area contributed by atoms with E-state index in [9.17, 15) is 13.2 Å². The Morgan fingerprint density at radius 2 is 1.66 bits per heavy atom. The van der Waals surface area contributed by atoms with Gasteiger partial charge in [0.15, 0.2) is 0 Å². The number of benzene rings is 2. The number of carbonyl (C=O) groups is 1. The first-order chi connectivity index (χ1) is 17.0. The second-order valence-corrected chi connectivity index (χ2v) is 10.9. The minimum Gasteiger partial charge on any atom is -0.497 e. The van der Waals surface area contributed by atoms with Crippen molar-refractivity contribution in [2.24, 2.45) is 0 Å². The third-order valence-corrected chi connectivity index (χ3v) is 8.73. The number of hydrogen-bond acceptors (Lipinski definition) is 6. The van der Waals surface area contributed by atoms with Crippen molar-refractivity contribution < 1.29 is 17.9 Å². The molecule has 180 valence electrons. The molecular formula is C25H24N4O4S2. The second-order valence-electron chi connectivity index (χ2n) is 8.01. The standard InChI is InChI=1S/C25H24N4O4S2/c1-33-20-9-11-21(12-10-20)35(31,32)28-15-13-27(14-16-28)25(30)23-18-22(24-8-5-17-34-24)26-29(23)19-6-3-2-4-7-19/h2-12,17-18H,13-16H2,1H3. The van der Waals surface area contributed by atoms with Crippen molar-refractivity contribution in [1.82, 2.24) is 19.0 Å². The van der Waals surface area contributed by atoms with Crippen LogP contribution in [-0.2, 0) is 10.0 Å². The Balaban J connectivity index is 1.36. The van der Waals surface area contributed by atoms with Gasteiger partial charge in [0.05, 0.1) is 22.6 Å². The maximum atomic E-state index is 13.6. The highest BCUT2D eigenvalue weighted by atomic mass is 32.2. The molecule has 4 aromatic rings. The Bertz CT molecular complexity index is 1410. The van der Waals surface area contributed by atoms with Crippen LogP contribution in [0.5, 0.6) is 5.75 Å². The summed E-state index contributed by atoms with van der Waals surface area (Å²) >= 11 is 1.56. The van der Waals surface area contributed by atoms with Crippen molar-refractivity contribution in [3.63, 3.8) is 0 Å². The van der Waals surface area contributed by atoms with E-state index >= 15 is 0 Å². The number of sulfonamides is 1. The number of carbonyl (C=O) groups excluding carboxylic acids is 1. The normalized spacial score (nSPS) is 14.7. The van der Waals surface area contributed by atoms with Gasteiger partial charge in [-0.05, 0) is 53.9 Å². The number of ether oxygens (including phenoxy) is 1. The van der Waals surface area contributed by atoms with Crippen LogP contribution in [0.3, 0.4) is 0 Å². The van der Waals surface area contributed by atoms with Crippen LogP contribution in [0.2, 0.25) is 0 Å². The highest BCUT2D eigenvalue weighted by molar-refractivity contribution is 7.89. The molecule has 0 radical (unpaired) electrons. The fraction of sp³-hybridized carbons (Fsp3) is 0.200. The molecule has 1 saturated heterocycles. The van der Waals surface area contributed by atoms with Crippen LogP contribution >= 0.6 is 11.3 Å². The molecule has 3 heterocycles. The molecule has 35 heavy (non-hydrogen) atoms. The van der Waals surface area contributed by atoms with E-state index in [1.54, 1.807) is 33.1 Å². The van der Waals surface area contributed by atoms with Crippen LogP contribution in [-0.4, -0.2) is 66.6 Å². The van der Waals surface area contributed by atoms with E-state index in [-0.39, 0.29) is 23.9 Å². The van der Waals surface area contributed by atoms with Crippen LogP contribution < -0.4 is 4.74 Å². The second kappa shape index (κ2) is 9.65. The highest BCUT2D eigenvalue weighted by Crippen LogP contribution is 2.27. The van der Waals surface area contributed by atoms with Gasteiger partial charge in [0.25, 0.3) is 5.91 Å². The van der Waals surface area contributed by atoms with E-state index in [0.717, 1.165) is 16.3 Å². The maximum absolute atomic E-state index is 13.6. The van der Waals surface area contributed by atoms with Gasteiger partial charge < -0.3 is 9.64 Å². The topological polar surface area (TPSA) is 84.7 Å². The Morgan fingerprint density at radius 3 is 2.29 bits per heavy atom. The summed E-state index contributed by atoms with van der Waals surface area (Å²) in [6.45, 7) is 1.03. The SMILES string of the molecule is COc1ccc(S(=O)(=O)N2CCN(C(=O)c3cc(-c4cccs4)nn3-c3ccccc3)CC2)cc1. The van der Waals surface area contributed by atoms with Crippen molar-refractivity contribution in [2.45, 2.75) is 4.90 Å². The summed E-state index contributed by atoms with van der Waals surface area (Å²) in [6, 6.07) is 21.6. The van der Waals surface area contributed by atoms with E-state index < -0.39 is 10.0 Å². The molecule has 5 rings (SSSR count). The molecule has 0 atom stereocenters. The van der Waals surface area contributed by atoms with Gasteiger partial charge >= 0.3 is 0 Å². The van der Waals surface area contributed by atoms with Gasteiger partial charge in [0.2, 0.25) is 10.0 Å². The minimum atomic E-state index is -3.65. The number of aromatic nitrogens is 2. The fourth-order valence-electron chi connectivity index (χ4n) is 4.03. The molecule has 0 spiro atoms. The molecule has 1 amide bonds. The lowest BCUT2D eigenvalue weighted by molar-refractivity contribution is 0.0688. The Morgan fingerprint density at radius 1 is 0.943 bits per heavy atom. The van der Waals surface area contributed by atoms with Crippen molar-refractivity contribution in [3.8, 4) is 22.0 Å². The van der Waals surface area contributed by atoms with E-state index in [2.05, 4.69) is 0 Å². The number of thiophene rings is 1. The highest BCUT2D eigenvalue weighted by Gasteiger charge is 2.32.